The predicted molar refractivity (Wildman–Crippen MR) is 105 cm³/mol. The molecule has 3 aromatic rings. The lowest BCUT2D eigenvalue weighted by molar-refractivity contribution is 0.0719. The van der Waals surface area contributed by atoms with Gasteiger partial charge in [0.05, 0.1) is 11.1 Å². The number of carbonyl (C=O) groups excluding carboxylic acids is 2. The second kappa shape index (κ2) is 9.19. The molecule has 0 atom stereocenters. The van der Waals surface area contributed by atoms with Crippen LogP contribution in [0.1, 0.15) is 20.7 Å². The van der Waals surface area contributed by atoms with Crippen LogP contribution in [-0.4, -0.2) is 18.5 Å². The second-order valence-electron chi connectivity index (χ2n) is 5.74. The lowest BCUT2D eigenvalue weighted by Gasteiger charge is -2.08. The zero-order valence-corrected chi connectivity index (χ0v) is 15.0. The Kier molecular flexibility index (Phi) is 6.21. The maximum atomic E-state index is 12.2. The van der Waals surface area contributed by atoms with E-state index in [0.717, 1.165) is 0 Å². The molecule has 0 aliphatic rings. The average molecular weight is 374 g/mol. The largest absolute Gasteiger partial charge is 0.490 e. The fraction of sp³-hybridized carbons (Fsp3) is 0.0435. The van der Waals surface area contributed by atoms with Gasteiger partial charge < -0.3 is 14.2 Å². The van der Waals surface area contributed by atoms with Crippen molar-refractivity contribution in [1.82, 2.24) is 0 Å². The molecule has 28 heavy (non-hydrogen) atoms. The summed E-state index contributed by atoms with van der Waals surface area (Å²) in [4.78, 5) is 24.3. The number of hydrogen-bond acceptors (Lipinski definition) is 5. The normalized spacial score (nSPS) is 10.0. The number of benzene rings is 3. The van der Waals surface area contributed by atoms with Crippen LogP contribution in [-0.2, 0) is 0 Å². The zero-order valence-electron chi connectivity index (χ0n) is 15.0. The van der Waals surface area contributed by atoms with Crippen LogP contribution in [0.4, 0.5) is 0 Å². The van der Waals surface area contributed by atoms with Crippen LogP contribution >= 0.6 is 0 Å². The second-order valence-corrected chi connectivity index (χ2v) is 5.74. The molecule has 0 aromatic heterocycles. The van der Waals surface area contributed by atoms with Gasteiger partial charge in [-0.1, -0.05) is 30.9 Å². The van der Waals surface area contributed by atoms with Gasteiger partial charge in [0.15, 0.2) is 0 Å². The Morgan fingerprint density at radius 3 is 1.64 bits per heavy atom. The Morgan fingerprint density at radius 1 is 0.679 bits per heavy atom. The van der Waals surface area contributed by atoms with Crippen LogP contribution in [0.3, 0.4) is 0 Å². The van der Waals surface area contributed by atoms with Gasteiger partial charge in [0, 0.05) is 0 Å². The molecule has 0 heterocycles. The van der Waals surface area contributed by atoms with Gasteiger partial charge in [-0.3, -0.25) is 0 Å². The van der Waals surface area contributed by atoms with Crippen LogP contribution in [0.2, 0.25) is 0 Å². The Hall–Kier alpha value is -3.86. The maximum Gasteiger partial charge on any atom is 0.343 e. The van der Waals surface area contributed by atoms with Crippen molar-refractivity contribution < 1.29 is 23.8 Å². The van der Waals surface area contributed by atoms with Crippen LogP contribution in [0.15, 0.2) is 91.5 Å². The Morgan fingerprint density at radius 2 is 1.14 bits per heavy atom. The first-order valence-corrected chi connectivity index (χ1v) is 8.59. The number of hydrogen-bond donors (Lipinski definition) is 0. The Balaban J connectivity index is 1.58. The van der Waals surface area contributed by atoms with Gasteiger partial charge >= 0.3 is 11.9 Å². The van der Waals surface area contributed by atoms with Crippen molar-refractivity contribution in [3.63, 3.8) is 0 Å². The molecule has 0 saturated carbocycles. The summed E-state index contributed by atoms with van der Waals surface area (Å²) in [5.41, 5.74) is 0.851. The fourth-order valence-electron chi connectivity index (χ4n) is 2.32. The Labute approximate surface area is 162 Å². The average Bonchev–Trinajstić information content (AvgIpc) is 2.74. The smallest absolute Gasteiger partial charge is 0.343 e. The molecule has 0 spiro atoms. The third-order valence-electron chi connectivity index (χ3n) is 3.71. The van der Waals surface area contributed by atoms with Gasteiger partial charge in [-0.25, -0.2) is 9.59 Å². The highest BCUT2D eigenvalue weighted by atomic mass is 16.5. The topological polar surface area (TPSA) is 61.8 Å². The first kappa shape index (κ1) is 18.9. The van der Waals surface area contributed by atoms with E-state index in [4.69, 9.17) is 14.2 Å². The summed E-state index contributed by atoms with van der Waals surface area (Å²) in [6, 6.07) is 21.6. The van der Waals surface area contributed by atoms with Gasteiger partial charge in [0.2, 0.25) is 0 Å². The van der Waals surface area contributed by atoms with Crippen LogP contribution in [0, 0.1) is 0 Å². The van der Waals surface area contributed by atoms with Crippen molar-refractivity contribution in [2.45, 2.75) is 0 Å². The lowest BCUT2D eigenvalue weighted by Crippen LogP contribution is -2.09. The summed E-state index contributed by atoms with van der Waals surface area (Å²) in [7, 11) is 0. The van der Waals surface area contributed by atoms with Gasteiger partial charge in [0.25, 0.3) is 0 Å². The molecule has 5 nitrogen and oxygen atoms in total. The summed E-state index contributed by atoms with van der Waals surface area (Å²) in [5.74, 6) is 0.392. The highest BCUT2D eigenvalue weighted by molar-refractivity contribution is 5.92. The first-order valence-electron chi connectivity index (χ1n) is 8.59. The van der Waals surface area contributed by atoms with Crippen molar-refractivity contribution in [1.29, 1.82) is 0 Å². The van der Waals surface area contributed by atoms with E-state index >= 15 is 0 Å². The molecule has 0 aliphatic heterocycles. The minimum Gasteiger partial charge on any atom is -0.490 e. The van der Waals surface area contributed by atoms with E-state index in [2.05, 4.69) is 6.58 Å². The monoisotopic (exact) mass is 374 g/mol. The van der Waals surface area contributed by atoms with Crippen LogP contribution < -0.4 is 14.2 Å². The molecule has 3 rings (SSSR count). The minimum atomic E-state index is -0.496. The van der Waals surface area contributed by atoms with E-state index in [1.165, 1.54) is 0 Å². The van der Waals surface area contributed by atoms with Crippen LogP contribution in [0.25, 0.3) is 0 Å². The van der Waals surface area contributed by atoms with Crippen molar-refractivity contribution in [2.75, 3.05) is 6.61 Å². The molecule has 0 fully saturated rings. The van der Waals surface area contributed by atoms with Gasteiger partial charge in [-0.2, -0.15) is 0 Å². The molecule has 0 unspecified atom stereocenters. The zero-order chi connectivity index (χ0) is 19.8. The number of ether oxygens (including phenoxy) is 3. The maximum absolute atomic E-state index is 12.2. The summed E-state index contributed by atoms with van der Waals surface area (Å²) >= 11 is 0. The molecule has 0 radical (unpaired) electrons. The molecule has 0 saturated heterocycles. The summed E-state index contributed by atoms with van der Waals surface area (Å²) in [6.45, 7) is 3.97. The molecule has 140 valence electrons. The first-order chi connectivity index (χ1) is 13.7. The molecule has 0 aliphatic carbocycles. The van der Waals surface area contributed by atoms with Crippen molar-refractivity contribution in [3.8, 4) is 17.2 Å². The molecule has 0 amide bonds. The molecule has 5 heteroatoms. The van der Waals surface area contributed by atoms with Gasteiger partial charge in [-0.15, -0.1) is 0 Å². The molecular weight excluding hydrogens is 356 g/mol. The van der Waals surface area contributed by atoms with Gasteiger partial charge in [0.1, 0.15) is 23.9 Å². The van der Waals surface area contributed by atoms with Crippen molar-refractivity contribution in [2.24, 2.45) is 0 Å². The summed E-state index contributed by atoms with van der Waals surface area (Å²) in [6.07, 6.45) is 1.64. The van der Waals surface area contributed by atoms with E-state index < -0.39 is 11.9 Å². The summed E-state index contributed by atoms with van der Waals surface area (Å²) in [5, 5.41) is 0. The standard InChI is InChI=1S/C23H18O5/c1-2-16-26-19-10-8-18(9-11-19)23(25)28-21-14-12-20(13-15-21)27-22(24)17-6-4-3-5-7-17/h2-15H,1,16H2. The van der Waals surface area contributed by atoms with E-state index in [1.54, 1.807) is 78.9 Å². The SMILES string of the molecule is C=CCOc1ccc(C(=O)Oc2ccc(OC(=O)c3ccccc3)cc2)cc1. The fourth-order valence-corrected chi connectivity index (χ4v) is 2.32. The molecule has 0 N–H and O–H groups in total. The summed E-state index contributed by atoms with van der Waals surface area (Å²) < 4.78 is 16.0. The highest BCUT2D eigenvalue weighted by Gasteiger charge is 2.11. The van der Waals surface area contributed by atoms with E-state index in [9.17, 15) is 9.59 Å². The van der Waals surface area contributed by atoms with E-state index in [-0.39, 0.29) is 0 Å². The quantitative estimate of drug-likeness (QED) is 0.341. The molecule has 0 bridgehead atoms. The third kappa shape index (κ3) is 5.08. The third-order valence-corrected chi connectivity index (χ3v) is 3.71. The van der Waals surface area contributed by atoms with E-state index in [0.29, 0.717) is 35.0 Å². The number of esters is 2. The van der Waals surface area contributed by atoms with Crippen molar-refractivity contribution >= 4 is 11.9 Å². The lowest BCUT2D eigenvalue weighted by atomic mass is 10.2. The predicted octanol–water partition coefficient (Wildman–Crippen LogP) is 4.69. The molecule has 3 aromatic carbocycles. The number of rotatable bonds is 7. The Bertz CT molecular complexity index is 945. The molecular formula is C23H18O5. The van der Waals surface area contributed by atoms with Gasteiger partial charge in [-0.05, 0) is 60.7 Å². The highest BCUT2D eigenvalue weighted by Crippen LogP contribution is 2.20. The van der Waals surface area contributed by atoms with Crippen molar-refractivity contribution in [3.05, 3.63) is 103 Å². The van der Waals surface area contributed by atoms with E-state index in [1.807, 2.05) is 6.07 Å². The van der Waals surface area contributed by atoms with Crippen LogP contribution in [0.5, 0.6) is 17.2 Å². The minimum absolute atomic E-state index is 0.344. The number of carbonyl (C=O) groups is 2.